The summed E-state index contributed by atoms with van der Waals surface area (Å²) in [6.07, 6.45) is 2.34. The molecule has 2 rings (SSSR count). The van der Waals surface area contributed by atoms with Crippen molar-refractivity contribution in [3.05, 3.63) is 35.9 Å². The van der Waals surface area contributed by atoms with Crippen molar-refractivity contribution in [2.45, 2.75) is 26.3 Å². The highest BCUT2D eigenvalue weighted by Gasteiger charge is 2.23. The molecule has 1 heterocycles. The lowest BCUT2D eigenvalue weighted by Crippen LogP contribution is -2.34. The topological polar surface area (TPSA) is 27.0 Å². The van der Waals surface area contributed by atoms with E-state index < -0.39 is 0 Å². The lowest BCUT2D eigenvalue weighted by atomic mass is 9.86. The molecular formula is C15H21ClN2. The molecule has 1 unspecified atom stereocenters. The first-order valence-electron chi connectivity index (χ1n) is 6.45. The highest BCUT2D eigenvalue weighted by Crippen LogP contribution is 2.25. The molecule has 1 atom stereocenters. The van der Waals surface area contributed by atoms with Crippen molar-refractivity contribution in [2.75, 3.05) is 13.1 Å². The maximum absolute atomic E-state index is 8.92. The number of hydrogen-bond donors (Lipinski definition) is 0. The fourth-order valence-electron chi connectivity index (χ4n) is 2.56. The van der Waals surface area contributed by atoms with Crippen molar-refractivity contribution in [1.29, 1.82) is 5.26 Å². The van der Waals surface area contributed by atoms with E-state index in [9.17, 15) is 0 Å². The first-order chi connectivity index (χ1) is 8.29. The highest BCUT2D eigenvalue weighted by atomic mass is 35.5. The summed E-state index contributed by atoms with van der Waals surface area (Å²) in [7, 11) is 0. The molecule has 0 saturated carbocycles. The lowest BCUT2D eigenvalue weighted by Gasteiger charge is -2.33. The normalized spacial score (nSPS) is 18.7. The number of nitriles is 1. The molecule has 0 amide bonds. The van der Waals surface area contributed by atoms with E-state index in [0.717, 1.165) is 19.6 Å². The summed E-state index contributed by atoms with van der Waals surface area (Å²) in [5.74, 6) is 0.820. The quantitative estimate of drug-likeness (QED) is 0.836. The number of likely N-dealkylation sites (tertiary alicyclic amines) is 1. The van der Waals surface area contributed by atoms with E-state index in [2.05, 4.69) is 48.2 Å². The van der Waals surface area contributed by atoms with Crippen LogP contribution < -0.4 is 0 Å². The van der Waals surface area contributed by atoms with Gasteiger partial charge >= 0.3 is 0 Å². The van der Waals surface area contributed by atoms with Crippen molar-refractivity contribution in [2.24, 2.45) is 11.8 Å². The Labute approximate surface area is 116 Å². The van der Waals surface area contributed by atoms with Gasteiger partial charge in [0, 0.05) is 12.5 Å². The Balaban J connectivity index is 0.00000162. The Morgan fingerprint density at radius 2 is 1.89 bits per heavy atom. The fraction of sp³-hybridized carbons (Fsp3) is 0.533. The summed E-state index contributed by atoms with van der Waals surface area (Å²) in [5.41, 5.74) is 1.39. The third-order valence-corrected chi connectivity index (χ3v) is 3.79. The van der Waals surface area contributed by atoms with Crippen molar-refractivity contribution in [1.82, 2.24) is 4.90 Å². The van der Waals surface area contributed by atoms with Crippen LogP contribution in [0.15, 0.2) is 30.3 Å². The van der Waals surface area contributed by atoms with Crippen LogP contribution in [0.1, 0.15) is 25.3 Å². The van der Waals surface area contributed by atoms with Gasteiger partial charge in [0.1, 0.15) is 0 Å². The predicted molar refractivity (Wildman–Crippen MR) is 76.5 cm³/mol. The van der Waals surface area contributed by atoms with Crippen LogP contribution in [-0.2, 0) is 6.54 Å². The molecule has 1 saturated heterocycles. The Morgan fingerprint density at radius 1 is 1.28 bits per heavy atom. The van der Waals surface area contributed by atoms with Gasteiger partial charge in [-0.2, -0.15) is 5.26 Å². The summed E-state index contributed by atoms with van der Waals surface area (Å²) < 4.78 is 0. The van der Waals surface area contributed by atoms with Crippen molar-refractivity contribution in [3.63, 3.8) is 0 Å². The molecule has 0 aliphatic carbocycles. The van der Waals surface area contributed by atoms with Crippen LogP contribution in [0, 0.1) is 23.2 Å². The predicted octanol–water partition coefficient (Wildman–Crippen LogP) is 3.48. The van der Waals surface area contributed by atoms with E-state index in [1.165, 1.54) is 18.4 Å². The van der Waals surface area contributed by atoms with E-state index in [-0.39, 0.29) is 18.3 Å². The van der Waals surface area contributed by atoms with E-state index in [0.29, 0.717) is 5.92 Å². The number of halogens is 1. The molecule has 1 fully saturated rings. The van der Waals surface area contributed by atoms with Gasteiger partial charge in [0.2, 0.25) is 0 Å². The molecule has 1 aromatic rings. The summed E-state index contributed by atoms with van der Waals surface area (Å²) in [4.78, 5) is 2.50. The number of rotatable bonds is 3. The minimum atomic E-state index is 0. The second-order valence-electron chi connectivity index (χ2n) is 5.02. The Kier molecular flexibility index (Phi) is 6.18. The summed E-state index contributed by atoms with van der Waals surface area (Å²) in [6, 6.07) is 13.0. The number of piperidine rings is 1. The van der Waals surface area contributed by atoms with Gasteiger partial charge in [-0.15, -0.1) is 12.4 Å². The van der Waals surface area contributed by atoms with Gasteiger partial charge in [-0.25, -0.2) is 0 Å². The molecule has 0 radical (unpaired) electrons. The summed E-state index contributed by atoms with van der Waals surface area (Å²) in [6.45, 7) is 5.36. The average Bonchev–Trinajstić information content (AvgIpc) is 2.40. The number of nitrogens with zero attached hydrogens (tertiary/aromatic N) is 2. The van der Waals surface area contributed by atoms with Crippen LogP contribution in [0.5, 0.6) is 0 Å². The Hall–Kier alpha value is -1.04. The lowest BCUT2D eigenvalue weighted by molar-refractivity contribution is 0.160. The fourth-order valence-corrected chi connectivity index (χ4v) is 2.56. The second-order valence-corrected chi connectivity index (χ2v) is 5.02. The zero-order chi connectivity index (χ0) is 12.1. The largest absolute Gasteiger partial charge is 0.299 e. The van der Waals surface area contributed by atoms with Gasteiger partial charge in [-0.3, -0.25) is 4.90 Å². The van der Waals surface area contributed by atoms with Gasteiger partial charge < -0.3 is 0 Å². The smallest absolute Gasteiger partial charge is 0.0655 e. The molecule has 2 nitrogen and oxygen atoms in total. The Bertz CT molecular complexity index is 377. The highest BCUT2D eigenvalue weighted by molar-refractivity contribution is 5.85. The van der Waals surface area contributed by atoms with Crippen LogP contribution in [0.3, 0.4) is 0 Å². The minimum Gasteiger partial charge on any atom is -0.299 e. The van der Waals surface area contributed by atoms with E-state index in [1.807, 2.05) is 0 Å². The standard InChI is InChI=1S/C15H20N2.ClH/c1-13(11-16)15-7-9-17(10-8-15)12-14-5-3-2-4-6-14;/h2-6,13,15H,7-10,12H2,1H3;1H. The third-order valence-electron chi connectivity index (χ3n) is 3.79. The first kappa shape index (κ1) is 15.0. The summed E-state index contributed by atoms with van der Waals surface area (Å²) >= 11 is 0. The number of hydrogen-bond acceptors (Lipinski definition) is 2. The molecule has 1 aliphatic heterocycles. The van der Waals surface area contributed by atoms with E-state index >= 15 is 0 Å². The molecule has 3 heteroatoms. The first-order valence-corrected chi connectivity index (χ1v) is 6.45. The molecule has 1 aromatic carbocycles. The maximum atomic E-state index is 8.92. The zero-order valence-corrected chi connectivity index (χ0v) is 11.7. The Morgan fingerprint density at radius 3 is 2.44 bits per heavy atom. The monoisotopic (exact) mass is 264 g/mol. The zero-order valence-electron chi connectivity index (χ0n) is 10.9. The van der Waals surface area contributed by atoms with E-state index in [4.69, 9.17) is 5.26 Å². The summed E-state index contributed by atoms with van der Waals surface area (Å²) in [5, 5.41) is 8.92. The van der Waals surface area contributed by atoms with Gasteiger partial charge in [0.15, 0.2) is 0 Å². The van der Waals surface area contributed by atoms with Crippen LogP contribution in [0.2, 0.25) is 0 Å². The molecule has 18 heavy (non-hydrogen) atoms. The molecule has 0 N–H and O–H groups in total. The maximum Gasteiger partial charge on any atom is 0.0655 e. The molecule has 0 spiro atoms. The molecular weight excluding hydrogens is 244 g/mol. The number of benzene rings is 1. The van der Waals surface area contributed by atoms with Gasteiger partial charge in [-0.05, 0) is 44.3 Å². The van der Waals surface area contributed by atoms with Gasteiger partial charge in [-0.1, -0.05) is 30.3 Å². The van der Waals surface area contributed by atoms with Gasteiger partial charge in [0.05, 0.1) is 6.07 Å². The van der Waals surface area contributed by atoms with Crippen molar-refractivity contribution in [3.8, 4) is 6.07 Å². The SMILES string of the molecule is CC(C#N)C1CCN(Cc2ccccc2)CC1.Cl. The van der Waals surface area contributed by atoms with Crippen LogP contribution in [0.25, 0.3) is 0 Å². The third kappa shape index (κ3) is 4.01. The van der Waals surface area contributed by atoms with Crippen LogP contribution in [0.4, 0.5) is 0 Å². The minimum absolute atomic E-state index is 0. The van der Waals surface area contributed by atoms with E-state index in [1.54, 1.807) is 0 Å². The molecule has 0 bridgehead atoms. The van der Waals surface area contributed by atoms with Crippen molar-refractivity contribution < 1.29 is 0 Å². The second kappa shape index (κ2) is 7.41. The average molecular weight is 265 g/mol. The van der Waals surface area contributed by atoms with Gasteiger partial charge in [0.25, 0.3) is 0 Å². The van der Waals surface area contributed by atoms with Crippen molar-refractivity contribution >= 4 is 12.4 Å². The van der Waals surface area contributed by atoms with Crippen LogP contribution >= 0.6 is 12.4 Å². The molecule has 0 aromatic heterocycles. The molecule has 1 aliphatic rings. The molecule has 98 valence electrons. The van der Waals surface area contributed by atoms with Crippen LogP contribution in [-0.4, -0.2) is 18.0 Å².